The Morgan fingerprint density at radius 1 is 1.38 bits per heavy atom. The summed E-state index contributed by atoms with van der Waals surface area (Å²) in [6, 6.07) is 0. The number of hydrogen-bond donors (Lipinski definition) is 1. The van der Waals surface area contributed by atoms with Gasteiger partial charge >= 0.3 is 5.97 Å². The molecule has 0 aromatic heterocycles. The normalized spacial score (nSPS) is 16.7. The molecule has 0 atom stereocenters. The third-order valence-corrected chi connectivity index (χ3v) is 1.98. The topological polar surface area (TPSA) is 38.3 Å². The number of carbonyl (C=O) groups excluding carboxylic acids is 1. The molecule has 1 aliphatic heterocycles. The Morgan fingerprint density at radius 3 is 2.38 bits per heavy atom. The average Bonchev–Trinajstić information content (AvgIpc) is 2.03. The van der Waals surface area contributed by atoms with E-state index < -0.39 is 0 Å². The number of ether oxygens (including phenoxy) is 1. The van der Waals surface area contributed by atoms with E-state index in [-0.39, 0.29) is 30.8 Å². The minimum absolute atomic E-state index is 0. The van der Waals surface area contributed by atoms with Crippen molar-refractivity contribution in [2.24, 2.45) is 5.92 Å². The number of piperidine rings is 1. The standard InChI is InChI=1S/C8H15NO2.2ClH/c1-7(10)11-6-8-2-4-9-5-3-8;;/h8-9H,2-6H2,1H3;2*1H. The van der Waals surface area contributed by atoms with Gasteiger partial charge in [0.1, 0.15) is 0 Å². The number of carbonyl (C=O) groups is 1. The third kappa shape index (κ3) is 7.11. The lowest BCUT2D eigenvalue weighted by Crippen LogP contribution is -2.30. The number of nitrogens with one attached hydrogen (secondary N) is 1. The maximum Gasteiger partial charge on any atom is 0.302 e. The van der Waals surface area contributed by atoms with Gasteiger partial charge in [0.25, 0.3) is 0 Å². The van der Waals surface area contributed by atoms with Crippen LogP contribution in [0.25, 0.3) is 0 Å². The lowest BCUT2D eigenvalue weighted by atomic mass is 9.99. The molecule has 1 heterocycles. The molecule has 1 fully saturated rings. The van der Waals surface area contributed by atoms with E-state index in [4.69, 9.17) is 4.74 Å². The van der Waals surface area contributed by atoms with Gasteiger partial charge < -0.3 is 10.1 Å². The fraction of sp³-hybridized carbons (Fsp3) is 0.875. The maximum atomic E-state index is 10.4. The number of hydrogen-bond acceptors (Lipinski definition) is 3. The molecule has 0 aromatic rings. The molecule has 0 radical (unpaired) electrons. The lowest BCUT2D eigenvalue weighted by molar-refractivity contribution is -0.142. The van der Waals surface area contributed by atoms with Gasteiger partial charge in [-0.25, -0.2) is 0 Å². The summed E-state index contributed by atoms with van der Waals surface area (Å²) in [5.74, 6) is 0.420. The number of rotatable bonds is 2. The lowest BCUT2D eigenvalue weighted by Gasteiger charge is -2.21. The van der Waals surface area contributed by atoms with Crippen molar-refractivity contribution < 1.29 is 9.53 Å². The second-order valence-electron chi connectivity index (χ2n) is 3.00. The van der Waals surface area contributed by atoms with Crippen LogP contribution in [0.4, 0.5) is 0 Å². The smallest absolute Gasteiger partial charge is 0.302 e. The van der Waals surface area contributed by atoms with Gasteiger partial charge in [-0.3, -0.25) is 4.79 Å². The molecule has 80 valence electrons. The fourth-order valence-electron chi connectivity index (χ4n) is 1.28. The molecule has 0 aromatic carbocycles. The first kappa shape index (κ1) is 15.5. The fourth-order valence-corrected chi connectivity index (χ4v) is 1.28. The summed E-state index contributed by atoms with van der Waals surface area (Å²) in [7, 11) is 0. The van der Waals surface area contributed by atoms with Gasteiger partial charge in [0.05, 0.1) is 6.61 Å². The van der Waals surface area contributed by atoms with Gasteiger partial charge in [-0.05, 0) is 31.8 Å². The van der Waals surface area contributed by atoms with Crippen LogP contribution >= 0.6 is 24.8 Å². The Hall–Kier alpha value is 0.01000. The molecule has 3 nitrogen and oxygen atoms in total. The minimum atomic E-state index is -0.163. The zero-order valence-electron chi connectivity index (χ0n) is 7.75. The molecule has 0 aliphatic carbocycles. The summed E-state index contributed by atoms with van der Waals surface area (Å²) in [6.45, 7) is 4.19. The van der Waals surface area contributed by atoms with Crippen LogP contribution in [0.3, 0.4) is 0 Å². The van der Waals surface area contributed by atoms with Gasteiger partial charge in [-0.15, -0.1) is 24.8 Å². The Bertz CT molecular complexity index is 138. The summed E-state index contributed by atoms with van der Waals surface area (Å²) < 4.78 is 4.91. The van der Waals surface area contributed by atoms with E-state index in [0.717, 1.165) is 25.9 Å². The molecule has 1 N–H and O–H groups in total. The van der Waals surface area contributed by atoms with Gasteiger partial charge in [0.15, 0.2) is 0 Å². The molecule has 0 amide bonds. The van der Waals surface area contributed by atoms with Crippen LogP contribution in [0.5, 0.6) is 0 Å². The van der Waals surface area contributed by atoms with Crippen molar-refractivity contribution >= 4 is 30.8 Å². The van der Waals surface area contributed by atoms with Gasteiger partial charge in [-0.2, -0.15) is 0 Å². The van der Waals surface area contributed by atoms with E-state index in [1.807, 2.05) is 0 Å². The van der Waals surface area contributed by atoms with Gasteiger partial charge in [-0.1, -0.05) is 0 Å². The molecule has 1 rings (SSSR count). The maximum absolute atomic E-state index is 10.4. The molecule has 0 bridgehead atoms. The van der Waals surface area contributed by atoms with Crippen LogP contribution in [0.2, 0.25) is 0 Å². The molecular formula is C8H17Cl2NO2. The SMILES string of the molecule is CC(=O)OCC1CCNCC1.Cl.Cl. The monoisotopic (exact) mass is 229 g/mol. The Kier molecular flexibility index (Phi) is 10.2. The van der Waals surface area contributed by atoms with E-state index in [1.165, 1.54) is 6.92 Å². The van der Waals surface area contributed by atoms with Crippen molar-refractivity contribution in [2.45, 2.75) is 19.8 Å². The molecule has 5 heteroatoms. The molecule has 0 saturated carbocycles. The zero-order valence-corrected chi connectivity index (χ0v) is 9.38. The second kappa shape index (κ2) is 8.60. The highest BCUT2D eigenvalue weighted by Gasteiger charge is 2.13. The van der Waals surface area contributed by atoms with E-state index in [0.29, 0.717) is 12.5 Å². The van der Waals surface area contributed by atoms with E-state index >= 15 is 0 Å². The van der Waals surface area contributed by atoms with Crippen LogP contribution in [0, 0.1) is 5.92 Å². The average molecular weight is 230 g/mol. The van der Waals surface area contributed by atoms with Crippen LogP contribution < -0.4 is 5.32 Å². The van der Waals surface area contributed by atoms with Crippen LogP contribution in [0.1, 0.15) is 19.8 Å². The summed E-state index contributed by atoms with van der Waals surface area (Å²) in [5.41, 5.74) is 0. The van der Waals surface area contributed by atoms with Crippen LogP contribution in [-0.4, -0.2) is 25.7 Å². The first-order valence-corrected chi connectivity index (χ1v) is 4.13. The van der Waals surface area contributed by atoms with E-state index in [9.17, 15) is 4.79 Å². The predicted molar refractivity (Wildman–Crippen MR) is 56.7 cm³/mol. The summed E-state index contributed by atoms with van der Waals surface area (Å²) in [6.07, 6.45) is 2.26. The number of esters is 1. The van der Waals surface area contributed by atoms with Crippen molar-refractivity contribution in [3.05, 3.63) is 0 Å². The molecule has 0 spiro atoms. The van der Waals surface area contributed by atoms with Crippen molar-refractivity contribution in [1.82, 2.24) is 5.32 Å². The Balaban J connectivity index is 0. The summed E-state index contributed by atoms with van der Waals surface area (Å²) in [5, 5.41) is 3.26. The minimum Gasteiger partial charge on any atom is -0.466 e. The highest BCUT2D eigenvalue weighted by atomic mass is 35.5. The van der Waals surface area contributed by atoms with Crippen molar-refractivity contribution in [1.29, 1.82) is 0 Å². The highest BCUT2D eigenvalue weighted by Crippen LogP contribution is 2.11. The predicted octanol–water partition coefficient (Wildman–Crippen LogP) is 1.39. The third-order valence-electron chi connectivity index (χ3n) is 1.98. The quantitative estimate of drug-likeness (QED) is 0.728. The molecule has 1 aliphatic rings. The highest BCUT2D eigenvalue weighted by molar-refractivity contribution is 5.85. The number of halogens is 2. The first-order valence-electron chi connectivity index (χ1n) is 4.13. The van der Waals surface area contributed by atoms with Crippen molar-refractivity contribution in [2.75, 3.05) is 19.7 Å². The Morgan fingerprint density at radius 2 is 1.92 bits per heavy atom. The summed E-state index contributed by atoms with van der Waals surface area (Å²) >= 11 is 0. The molecule has 1 saturated heterocycles. The summed E-state index contributed by atoms with van der Waals surface area (Å²) in [4.78, 5) is 10.4. The van der Waals surface area contributed by atoms with E-state index in [1.54, 1.807) is 0 Å². The van der Waals surface area contributed by atoms with Gasteiger partial charge in [0.2, 0.25) is 0 Å². The molecule has 13 heavy (non-hydrogen) atoms. The second-order valence-corrected chi connectivity index (χ2v) is 3.00. The molecular weight excluding hydrogens is 213 g/mol. The zero-order chi connectivity index (χ0) is 8.10. The Labute approximate surface area is 91.4 Å². The van der Waals surface area contributed by atoms with Crippen LogP contribution in [0.15, 0.2) is 0 Å². The largest absolute Gasteiger partial charge is 0.466 e. The van der Waals surface area contributed by atoms with Crippen LogP contribution in [-0.2, 0) is 9.53 Å². The van der Waals surface area contributed by atoms with Crippen molar-refractivity contribution in [3.8, 4) is 0 Å². The van der Waals surface area contributed by atoms with Crippen molar-refractivity contribution in [3.63, 3.8) is 0 Å². The van der Waals surface area contributed by atoms with E-state index in [2.05, 4.69) is 5.32 Å². The van der Waals surface area contributed by atoms with Gasteiger partial charge in [0, 0.05) is 6.92 Å². The first-order chi connectivity index (χ1) is 5.29. The molecule has 0 unspecified atom stereocenters.